The molecule has 1 saturated heterocycles. The Balaban J connectivity index is 1.90. The van der Waals surface area contributed by atoms with Crippen molar-refractivity contribution in [2.45, 2.75) is 32.7 Å². The van der Waals surface area contributed by atoms with Gasteiger partial charge in [-0.3, -0.25) is 9.78 Å². The maximum atomic E-state index is 12.9. The second-order valence-corrected chi connectivity index (χ2v) is 6.81. The largest absolute Gasteiger partial charge is 0.378 e. The van der Waals surface area contributed by atoms with Crippen molar-refractivity contribution in [3.8, 4) is 0 Å². The molecule has 1 aliphatic rings. The van der Waals surface area contributed by atoms with Crippen LogP contribution in [0.2, 0.25) is 0 Å². The van der Waals surface area contributed by atoms with Crippen molar-refractivity contribution < 1.29 is 4.79 Å². The van der Waals surface area contributed by atoms with Crippen molar-refractivity contribution in [2.75, 3.05) is 25.5 Å². The Labute approximate surface area is 144 Å². The predicted molar refractivity (Wildman–Crippen MR) is 97.5 cm³/mol. The average Bonchev–Trinajstić information content (AvgIpc) is 3.04. The second kappa shape index (κ2) is 6.63. The molecule has 2 heterocycles. The Morgan fingerprint density at radius 2 is 1.88 bits per heavy atom. The van der Waals surface area contributed by atoms with Gasteiger partial charge in [0, 0.05) is 37.6 Å². The standard InChI is InChI=1S/C20H25N3O/c1-14-7-9-16(10-8-14)20(24)23-11-5-6-19(23)18-13-17(22(3)4)12-15(2)21-18/h7-10,12-13,19H,5-6,11H2,1-4H3. The van der Waals surface area contributed by atoms with Crippen LogP contribution in [0.5, 0.6) is 0 Å². The first-order valence-corrected chi connectivity index (χ1v) is 8.49. The van der Waals surface area contributed by atoms with Crippen LogP contribution in [-0.2, 0) is 0 Å². The van der Waals surface area contributed by atoms with Gasteiger partial charge in [0.2, 0.25) is 0 Å². The summed E-state index contributed by atoms with van der Waals surface area (Å²) >= 11 is 0. The second-order valence-electron chi connectivity index (χ2n) is 6.81. The topological polar surface area (TPSA) is 36.4 Å². The van der Waals surface area contributed by atoms with E-state index >= 15 is 0 Å². The number of amides is 1. The lowest BCUT2D eigenvalue weighted by atomic mass is 10.1. The molecular weight excluding hydrogens is 298 g/mol. The first kappa shape index (κ1) is 16.5. The van der Waals surface area contributed by atoms with Gasteiger partial charge in [-0.05, 0) is 51.0 Å². The summed E-state index contributed by atoms with van der Waals surface area (Å²) in [4.78, 5) is 21.7. The number of likely N-dealkylation sites (tertiary alicyclic amines) is 1. The van der Waals surface area contributed by atoms with Gasteiger partial charge in [-0.25, -0.2) is 0 Å². The smallest absolute Gasteiger partial charge is 0.254 e. The van der Waals surface area contributed by atoms with E-state index in [0.29, 0.717) is 0 Å². The third-order valence-corrected chi connectivity index (χ3v) is 4.63. The van der Waals surface area contributed by atoms with E-state index in [2.05, 4.69) is 17.0 Å². The Hall–Kier alpha value is -2.36. The van der Waals surface area contributed by atoms with Crippen molar-refractivity contribution >= 4 is 11.6 Å². The van der Waals surface area contributed by atoms with E-state index in [1.807, 2.05) is 57.1 Å². The van der Waals surface area contributed by atoms with Crippen LogP contribution in [0.4, 0.5) is 5.69 Å². The van der Waals surface area contributed by atoms with Crippen LogP contribution in [0, 0.1) is 13.8 Å². The normalized spacial score (nSPS) is 17.2. The highest BCUT2D eigenvalue weighted by Gasteiger charge is 2.31. The number of aromatic nitrogens is 1. The summed E-state index contributed by atoms with van der Waals surface area (Å²) in [5, 5.41) is 0. The summed E-state index contributed by atoms with van der Waals surface area (Å²) in [7, 11) is 4.06. The minimum Gasteiger partial charge on any atom is -0.378 e. The first-order valence-electron chi connectivity index (χ1n) is 8.49. The van der Waals surface area contributed by atoms with Crippen molar-refractivity contribution in [1.29, 1.82) is 0 Å². The highest BCUT2D eigenvalue weighted by molar-refractivity contribution is 5.94. The van der Waals surface area contributed by atoms with E-state index in [4.69, 9.17) is 4.98 Å². The van der Waals surface area contributed by atoms with E-state index in [9.17, 15) is 4.79 Å². The van der Waals surface area contributed by atoms with Gasteiger partial charge < -0.3 is 9.80 Å². The molecule has 0 spiro atoms. The predicted octanol–water partition coefficient (Wildman–Crippen LogP) is 3.74. The van der Waals surface area contributed by atoms with Crippen molar-refractivity contribution in [1.82, 2.24) is 9.88 Å². The molecule has 0 saturated carbocycles. The number of aryl methyl sites for hydroxylation is 2. The fourth-order valence-corrected chi connectivity index (χ4v) is 3.28. The Morgan fingerprint density at radius 1 is 1.17 bits per heavy atom. The number of carbonyl (C=O) groups is 1. The van der Waals surface area contributed by atoms with Crippen LogP contribution in [0.15, 0.2) is 36.4 Å². The molecule has 2 aromatic rings. The molecule has 126 valence electrons. The van der Waals surface area contributed by atoms with Crippen LogP contribution in [0.3, 0.4) is 0 Å². The van der Waals surface area contributed by atoms with Gasteiger partial charge in [-0.15, -0.1) is 0 Å². The zero-order chi connectivity index (χ0) is 17.3. The molecule has 4 nitrogen and oxygen atoms in total. The Morgan fingerprint density at radius 3 is 2.54 bits per heavy atom. The fourth-order valence-electron chi connectivity index (χ4n) is 3.28. The third-order valence-electron chi connectivity index (χ3n) is 4.63. The highest BCUT2D eigenvalue weighted by atomic mass is 16.2. The number of carbonyl (C=O) groups excluding carboxylic acids is 1. The zero-order valence-electron chi connectivity index (χ0n) is 14.9. The van der Waals surface area contributed by atoms with Crippen LogP contribution >= 0.6 is 0 Å². The molecule has 1 aromatic heterocycles. The van der Waals surface area contributed by atoms with Crippen LogP contribution in [-0.4, -0.2) is 36.4 Å². The lowest BCUT2D eigenvalue weighted by Gasteiger charge is -2.26. The molecular formula is C20H25N3O. The molecule has 0 N–H and O–H groups in total. The van der Waals surface area contributed by atoms with Crippen molar-refractivity contribution in [3.05, 3.63) is 58.9 Å². The van der Waals surface area contributed by atoms with E-state index in [0.717, 1.165) is 42.0 Å². The molecule has 0 bridgehead atoms. The zero-order valence-corrected chi connectivity index (χ0v) is 14.9. The molecule has 1 aliphatic heterocycles. The molecule has 0 aliphatic carbocycles. The van der Waals surface area contributed by atoms with E-state index in [1.165, 1.54) is 5.56 Å². The van der Waals surface area contributed by atoms with E-state index in [-0.39, 0.29) is 11.9 Å². The van der Waals surface area contributed by atoms with Gasteiger partial charge >= 0.3 is 0 Å². The maximum Gasteiger partial charge on any atom is 0.254 e. The Kier molecular flexibility index (Phi) is 4.56. The number of hydrogen-bond donors (Lipinski definition) is 0. The highest BCUT2D eigenvalue weighted by Crippen LogP contribution is 2.33. The Bertz CT molecular complexity index is 737. The van der Waals surface area contributed by atoms with Crippen molar-refractivity contribution in [3.63, 3.8) is 0 Å². The molecule has 3 rings (SSSR count). The van der Waals surface area contributed by atoms with Gasteiger partial charge in [0.25, 0.3) is 5.91 Å². The van der Waals surface area contributed by atoms with Gasteiger partial charge in [-0.2, -0.15) is 0 Å². The number of pyridine rings is 1. The lowest BCUT2D eigenvalue weighted by Crippen LogP contribution is -2.31. The molecule has 1 amide bonds. The molecule has 24 heavy (non-hydrogen) atoms. The van der Waals surface area contributed by atoms with Gasteiger partial charge in [-0.1, -0.05) is 17.7 Å². The minimum atomic E-state index is 0.0670. The minimum absolute atomic E-state index is 0.0670. The number of benzene rings is 1. The van der Waals surface area contributed by atoms with Gasteiger partial charge in [0.05, 0.1) is 11.7 Å². The molecule has 1 atom stereocenters. The monoisotopic (exact) mass is 323 g/mol. The maximum absolute atomic E-state index is 12.9. The SMILES string of the molecule is Cc1ccc(C(=O)N2CCCC2c2cc(N(C)C)cc(C)n2)cc1. The summed E-state index contributed by atoms with van der Waals surface area (Å²) in [5.74, 6) is 0.104. The summed E-state index contributed by atoms with van der Waals surface area (Å²) < 4.78 is 0. The molecule has 1 unspecified atom stereocenters. The summed E-state index contributed by atoms with van der Waals surface area (Å²) in [6.45, 7) is 4.84. The average molecular weight is 323 g/mol. The van der Waals surface area contributed by atoms with E-state index in [1.54, 1.807) is 0 Å². The molecule has 0 radical (unpaired) electrons. The number of anilines is 1. The summed E-state index contributed by atoms with van der Waals surface area (Å²) in [5.41, 5.74) is 5.04. The number of hydrogen-bond acceptors (Lipinski definition) is 3. The molecule has 1 aromatic carbocycles. The number of rotatable bonds is 3. The summed E-state index contributed by atoms with van der Waals surface area (Å²) in [6.07, 6.45) is 2.00. The molecule has 4 heteroatoms. The van der Waals surface area contributed by atoms with Crippen LogP contribution < -0.4 is 4.90 Å². The summed E-state index contributed by atoms with van der Waals surface area (Å²) in [6, 6.07) is 12.1. The van der Waals surface area contributed by atoms with Crippen molar-refractivity contribution in [2.24, 2.45) is 0 Å². The number of nitrogens with zero attached hydrogens (tertiary/aromatic N) is 3. The van der Waals surface area contributed by atoms with E-state index < -0.39 is 0 Å². The third kappa shape index (κ3) is 3.28. The van der Waals surface area contributed by atoms with Crippen LogP contribution in [0.25, 0.3) is 0 Å². The van der Waals surface area contributed by atoms with Crippen LogP contribution in [0.1, 0.15) is 46.2 Å². The van der Waals surface area contributed by atoms with Gasteiger partial charge in [0.1, 0.15) is 0 Å². The lowest BCUT2D eigenvalue weighted by molar-refractivity contribution is 0.0733. The quantitative estimate of drug-likeness (QED) is 0.863. The first-order chi connectivity index (χ1) is 11.5. The van der Waals surface area contributed by atoms with Gasteiger partial charge in [0.15, 0.2) is 0 Å². The fraction of sp³-hybridized carbons (Fsp3) is 0.400. The molecule has 1 fully saturated rings.